The molecule has 1 nitrogen and oxygen atoms in total. The highest BCUT2D eigenvalue weighted by Crippen LogP contribution is 2.38. The molecule has 1 fully saturated rings. The molecule has 2 rings (SSSR count). The van der Waals surface area contributed by atoms with Crippen LogP contribution in [0.1, 0.15) is 64.5 Å². The first-order valence-electron chi connectivity index (χ1n) is 7.12. The number of hydrogen-bond donors (Lipinski definition) is 1. The van der Waals surface area contributed by atoms with E-state index < -0.39 is 5.60 Å². The second kappa shape index (κ2) is 4.70. The van der Waals surface area contributed by atoms with Gasteiger partial charge in [0.05, 0.1) is 5.60 Å². The van der Waals surface area contributed by atoms with E-state index in [-0.39, 0.29) is 5.41 Å². The van der Waals surface area contributed by atoms with E-state index in [1.165, 1.54) is 24.8 Å². The average molecular weight is 246 g/mol. The van der Waals surface area contributed by atoms with Gasteiger partial charge in [-0.15, -0.1) is 0 Å². The summed E-state index contributed by atoms with van der Waals surface area (Å²) in [5, 5.41) is 10.6. The minimum absolute atomic E-state index is 0.179. The van der Waals surface area contributed by atoms with Crippen molar-refractivity contribution in [2.75, 3.05) is 0 Å². The van der Waals surface area contributed by atoms with Crippen LogP contribution in [0.3, 0.4) is 0 Å². The van der Waals surface area contributed by atoms with Crippen molar-refractivity contribution >= 4 is 0 Å². The van der Waals surface area contributed by atoms with Crippen LogP contribution >= 0.6 is 0 Å². The Labute approximate surface area is 111 Å². The van der Waals surface area contributed by atoms with Crippen molar-refractivity contribution in [3.63, 3.8) is 0 Å². The van der Waals surface area contributed by atoms with Gasteiger partial charge < -0.3 is 5.11 Å². The third kappa shape index (κ3) is 2.95. The molecule has 1 aliphatic carbocycles. The summed E-state index contributed by atoms with van der Waals surface area (Å²) in [6.07, 6.45) is 4.82. The summed E-state index contributed by atoms with van der Waals surface area (Å²) >= 11 is 0. The standard InChI is InChI=1S/C17H26O/c1-16(2,3)14-8-10-15(11-9-14)17(4,18)12-13-6-5-7-13/h8-11,13,18H,5-7,12H2,1-4H3. The Morgan fingerprint density at radius 2 is 1.50 bits per heavy atom. The lowest BCUT2D eigenvalue weighted by molar-refractivity contribution is 0.0161. The van der Waals surface area contributed by atoms with Gasteiger partial charge in [-0.05, 0) is 35.8 Å². The topological polar surface area (TPSA) is 20.2 Å². The van der Waals surface area contributed by atoms with Gasteiger partial charge in [0.1, 0.15) is 0 Å². The van der Waals surface area contributed by atoms with Crippen molar-refractivity contribution in [2.45, 2.75) is 64.4 Å². The van der Waals surface area contributed by atoms with Crippen LogP contribution in [0.2, 0.25) is 0 Å². The van der Waals surface area contributed by atoms with Crippen LogP contribution in [0, 0.1) is 5.92 Å². The first kappa shape index (κ1) is 13.6. The van der Waals surface area contributed by atoms with Crippen LogP contribution in [-0.2, 0) is 11.0 Å². The lowest BCUT2D eigenvalue weighted by atomic mass is 9.75. The smallest absolute Gasteiger partial charge is 0.0871 e. The van der Waals surface area contributed by atoms with E-state index in [1.807, 2.05) is 6.92 Å². The Morgan fingerprint density at radius 3 is 1.89 bits per heavy atom. The molecule has 1 aliphatic rings. The maximum Gasteiger partial charge on any atom is 0.0871 e. The van der Waals surface area contributed by atoms with Crippen molar-refractivity contribution in [1.29, 1.82) is 0 Å². The molecule has 1 aromatic rings. The van der Waals surface area contributed by atoms with E-state index in [9.17, 15) is 5.11 Å². The van der Waals surface area contributed by atoms with E-state index in [0.29, 0.717) is 0 Å². The van der Waals surface area contributed by atoms with E-state index in [0.717, 1.165) is 17.9 Å². The Kier molecular flexibility index (Phi) is 3.55. The fourth-order valence-corrected chi connectivity index (χ4v) is 2.71. The first-order chi connectivity index (χ1) is 8.29. The van der Waals surface area contributed by atoms with Crippen LogP contribution in [0.15, 0.2) is 24.3 Å². The van der Waals surface area contributed by atoms with E-state index in [2.05, 4.69) is 45.0 Å². The Morgan fingerprint density at radius 1 is 1.00 bits per heavy atom. The molecular weight excluding hydrogens is 220 g/mol. The van der Waals surface area contributed by atoms with Crippen LogP contribution in [-0.4, -0.2) is 5.11 Å². The zero-order chi connectivity index (χ0) is 13.4. The predicted octanol–water partition coefficient (Wildman–Crippen LogP) is 4.38. The summed E-state index contributed by atoms with van der Waals surface area (Å²) in [4.78, 5) is 0. The van der Waals surface area contributed by atoms with Gasteiger partial charge in [0.15, 0.2) is 0 Å². The molecule has 0 aromatic heterocycles. The lowest BCUT2D eigenvalue weighted by Crippen LogP contribution is -2.28. The predicted molar refractivity (Wildman–Crippen MR) is 76.7 cm³/mol. The van der Waals surface area contributed by atoms with Gasteiger partial charge in [-0.2, -0.15) is 0 Å². The number of hydrogen-bond acceptors (Lipinski definition) is 1. The van der Waals surface area contributed by atoms with Gasteiger partial charge in [-0.3, -0.25) is 0 Å². The molecule has 1 saturated carbocycles. The summed E-state index contributed by atoms with van der Waals surface area (Å²) in [5.74, 6) is 0.724. The molecule has 0 spiro atoms. The molecule has 0 amide bonds. The third-order valence-electron chi connectivity index (χ3n) is 4.28. The summed E-state index contributed by atoms with van der Waals surface area (Å²) < 4.78 is 0. The van der Waals surface area contributed by atoms with Gasteiger partial charge in [-0.1, -0.05) is 64.3 Å². The largest absolute Gasteiger partial charge is 0.385 e. The van der Waals surface area contributed by atoms with E-state index in [1.54, 1.807) is 0 Å². The highest BCUT2D eigenvalue weighted by molar-refractivity contribution is 5.30. The van der Waals surface area contributed by atoms with Crippen molar-refractivity contribution in [1.82, 2.24) is 0 Å². The normalized spacial score (nSPS) is 20.3. The molecule has 0 bridgehead atoms. The van der Waals surface area contributed by atoms with Crippen molar-refractivity contribution in [3.05, 3.63) is 35.4 Å². The minimum Gasteiger partial charge on any atom is -0.385 e. The summed E-state index contributed by atoms with van der Waals surface area (Å²) in [6, 6.07) is 8.51. The summed E-state index contributed by atoms with van der Waals surface area (Å²) in [6.45, 7) is 8.61. The van der Waals surface area contributed by atoms with Gasteiger partial charge in [0, 0.05) is 0 Å². The zero-order valence-electron chi connectivity index (χ0n) is 12.2. The Bertz CT molecular complexity index is 391. The molecule has 1 unspecified atom stereocenters. The van der Waals surface area contributed by atoms with Gasteiger partial charge in [-0.25, -0.2) is 0 Å². The molecule has 18 heavy (non-hydrogen) atoms. The Balaban J connectivity index is 2.12. The molecule has 1 aromatic carbocycles. The molecule has 0 aliphatic heterocycles. The SMILES string of the molecule is CC(C)(C)c1ccc(C(C)(O)CC2CCC2)cc1. The first-order valence-corrected chi connectivity index (χ1v) is 7.12. The highest BCUT2D eigenvalue weighted by atomic mass is 16.3. The molecule has 1 atom stereocenters. The van der Waals surface area contributed by atoms with Gasteiger partial charge in [0.2, 0.25) is 0 Å². The maximum absolute atomic E-state index is 10.6. The molecule has 0 saturated heterocycles. The summed E-state index contributed by atoms with van der Waals surface area (Å²) in [5.41, 5.74) is 1.90. The minimum atomic E-state index is -0.665. The van der Waals surface area contributed by atoms with Crippen molar-refractivity contribution in [2.24, 2.45) is 5.92 Å². The van der Waals surface area contributed by atoms with Gasteiger partial charge >= 0.3 is 0 Å². The monoisotopic (exact) mass is 246 g/mol. The van der Waals surface area contributed by atoms with Crippen LogP contribution < -0.4 is 0 Å². The number of benzene rings is 1. The fraction of sp³-hybridized carbons (Fsp3) is 0.647. The fourth-order valence-electron chi connectivity index (χ4n) is 2.71. The van der Waals surface area contributed by atoms with E-state index in [4.69, 9.17) is 0 Å². The van der Waals surface area contributed by atoms with Crippen LogP contribution in [0.5, 0.6) is 0 Å². The molecule has 1 N–H and O–H groups in total. The van der Waals surface area contributed by atoms with Crippen LogP contribution in [0.25, 0.3) is 0 Å². The average Bonchev–Trinajstić information content (AvgIpc) is 2.23. The van der Waals surface area contributed by atoms with Crippen molar-refractivity contribution in [3.8, 4) is 0 Å². The van der Waals surface area contributed by atoms with Crippen LogP contribution in [0.4, 0.5) is 0 Å². The Hall–Kier alpha value is -0.820. The molecule has 1 heteroatoms. The lowest BCUT2D eigenvalue weighted by Gasteiger charge is -2.34. The summed E-state index contributed by atoms with van der Waals surface area (Å²) in [7, 11) is 0. The second-order valence-corrected chi connectivity index (χ2v) is 7.10. The van der Waals surface area contributed by atoms with Gasteiger partial charge in [0.25, 0.3) is 0 Å². The third-order valence-corrected chi connectivity index (χ3v) is 4.28. The number of rotatable bonds is 3. The number of aliphatic hydroxyl groups is 1. The molecule has 100 valence electrons. The van der Waals surface area contributed by atoms with E-state index >= 15 is 0 Å². The second-order valence-electron chi connectivity index (χ2n) is 7.10. The van der Waals surface area contributed by atoms with Crippen molar-refractivity contribution < 1.29 is 5.11 Å². The molecule has 0 heterocycles. The molecular formula is C17H26O. The zero-order valence-corrected chi connectivity index (χ0v) is 12.2. The quantitative estimate of drug-likeness (QED) is 0.839. The highest BCUT2D eigenvalue weighted by Gasteiger charge is 2.30. The maximum atomic E-state index is 10.6. The molecule has 0 radical (unpaired) electrons.